The normalized spacial score (nSPS) is 23.0. The van der Waals surface area contributed by atoms with E-state index in [1.54, 1.807) is 0 Å². The van der Waals surface area contributed by atoms with Crippen LogP contribution in [0.3, 0.4) is 0 Å². The van der Waals surface area contributed by atoms with Crippen molar-refractivity contribution in [2.75, 3.05) is 25.1 Å². The minimum Gasteiger partial charge on any atom is -0.376 e. The monoisotopic (exact) mass is 295 g/mol. The maximum atomic E-state index is 5.82. The average molecular weight is 295 g/mol. The number of nitrogens with one attached hydrogen (secondary N) is 1. The minimum absolute atomic E-state index is 0.381. The molecular weight excluding hydrogens is 270 g/mol. The van der Waals surface area contributed by atoms with Gasteiger partial charge < -0.3 is 15.0 Å². The van der Waals surface area contributed by atoms with Gasteiger partial charge in [0.25, 0.3) is 0 Å². The second-order valence-corrected chi connectivity index (χ2v) is 7.09. The first-order valence-corrected chi connectivity index (χ1v) is 8.56. The number of anilines is 1. The molecule has 1 aromatic heterocycles. The Morgan fingerprint density at radius 2 is 2.20 bits per heavy atom. The number of aromatic nitrogens is 1. The molecule has 0 spiro atoms. The third kappa shape index (κ3) is 3.71. The molecule has 1 unspecified atom stereocenters. The second-order valence-electron chi connectivity index (χ2n) is 6.03. The van der Waals surface area contributed by atoms with Crippen molar-refractivity contribution in [3.05, 3.63) is 10.6 Å². The molecule has 5 heteroatoms. The molecule has 1 aromatic rings. The summed E-state index contributed by atoms with van der Waals surface area (Å²) in [6, 6.07) is 0.758. The zero-order chi connectivity index (χ0) is 13.9. The van der Waals surface area contributed by atoms with Crippen LogP contribution >= 0.6 is 11.3 Å². The summed E-state index contributed by atoms with van der Waals surface area (Å²) < 4.78 is 5.82. The first-order valence-electron chi connectivity index (χ1n) is 7.75. The summed E-state index contributed by atoms with van der Waals surface area (Å²) in [5, 5.41) is 4.70. The molecule has 1 aliphatic carbocycles. The van der Waals surface area contributed by atoms with E-state index < -0.39 is 0 Å². The van der Waals surface area contributed by atoms with Gasteiger partial charge in [0.15, 0.2) is 5.13 Å². The highest BCUT2D eigenvalue weighted by Crippen LogP contribution is 2.27. The van der Waals surface area contributed by atoms with Crippen molar-refractivity contribution < 1.29 is 4.74 Å². The number of thiazole rings is 1. The van der Waals surface area contributed by atoms with Gasteiger partial charge >= 0.3 is 0 Å². The standard InChI is InChI=1S/C15H25N3OS/c1-11-14(9-16-12-6-7-12)20-15(17-11)18(2)10-13-5-3-4-8-19-13/h12-13,16H,3-10H2,1-2H3. The van der Waals surface area contributed by atoms with Gasteiger partial charge in [0, 0.05) is 37.7 Å². The molecule has 1 atom stereocenters. The van der Waals surface area contributed by atoms with E-state index in [4.69, 9.17) is 9.72 Å². The van der Waals surface area contributed by atoms with Crippen molar-refractivity contribution in [1.29, 1.82) is 0 Å². The summed E-state index contributed by atoms with van der Waals surface area (Å²) in [7, 11) is 2.13. The Hall–Kier alpha value is -0.650. The maximum Gasteiger partial charge on any atom is 0.185 e. The molecule has 1 saturated carbocycles. The first-order chi connectivity index (χ1) is 9.72. The Bertz CT molecular complexity index is 438. The smallest absolute Gasteiger partial charge is 0.185 e. The summed E-state index contributed by atoms with van der Waals surface area (Å²) in [5.41, 5.74) is 1.18. The Morgan fingerprint density at radius 3 is 2.90 bits per heavy atom. The van der Waals surface area contributed by atoms with E-state index in [9.17, 15) is 0 Å². The molecule has 3 rings (SSSR count). The van der Waals surface area contributed by atoms with Crippen molar-refractivity contribution in [2.45, 2.75) is 57.7 Å². The zero-order valence-electron chi connectivity index (χ0n) is 12.5. The summed E-state index contributed by atoms with van der Waals surface area (Å²) in [6.07, 6.45) is 6.75. The molecule has 2 fully saturated rings. The lowest BCUT2D eigenvalue weighted by Gasteiger charge is -2.27. The Balaban J connectivity index is 1.55. The molecule has 1 N–H and O–H groups in total. The molecular formula is C15H25N3OS. The third-order valence-electron chi connectivity index (χ3n) is 4.09. The zero-order valence-corrected chi connectivity index (χ0v) is 13.3. The Labute approximate surface area is 125 Å². The molecule has 1 saturated heterocycles. The van der Waals surface area contributed by atoms with E-state index in [1.165, 1.54) is 42.7 Å². The molecule has 1 aliphatic heterocycles. The van der Waals surface area contributed by atoms with Gasteiger partial charge in [-0.1, -0.05) is 0 Å². The van der Waals surface area contributed by atoms with E-state index in [0.717, 1.165) is 30.9 Å². The van der Waals surface area contributed by atoms with Crippen LogP contribution < -0.4 is 10.2 Å². The molecule has 2 heterocycles. The van der Waals surface area contributed by atoms with Gasteiger partial charge in [-0.2, -0.15) is 0 Å². The minimum atomic E-state index is 0.381. The van der Waals surface area contributed by atoms with Gasteiger partial charge in [0.05, 0.1) is 11.8 Å². The number of rotatable bonds is 6. The summed E-state index contributed by atoms with van der Waals surface area (Å²) >= 11 is 1.82. The topological polar surface area (TPSA) is 37.4 Å². The Morgan fingerprint density at radius 1 is 1.35 bits per heavy atom. The average Bonchev–Trinajstić information content (AvgIpc) is 3.20. The van der Waals surface area contributed by atoms with Crippen LogP contribution in [0.1, 0.15) is 42.7 Å². The summed E-state index contributed by atoms with van der Waals surface area (Å²) in [5.74, 6) is 0. The van der Waals surface area contributed by atoms with Crippen molar-refractivity contribution in [3.63, 3.8) is 0 Å². The van der Waals surface area contributed by atoms with Crippen molar-refractivity contribution in [2.24, 2.45) is 0 Å². The van der Waals surface area contributed by atoms with Crippen LogP contribution in [0.5, 0.6) is 0 Å². The number of hydrogen-bond donors (Lipinski definition) is 1. The highest BCUT2D eigenvalue weighted by atomic mass is 32.1. The lowest BCUT2D eigenvalue weighted by atomic mass is 10.1. The van der Waals surface area contributed by atoms with Crippen molar-refractivity contribution in [3.8, 4) is 0 Å². The second kappa shape index (κ2) is 6.41. The molecule has 20 heavy (non-hydrogen) atoms. The number of hydrogen-bond acceptors (Lipinski definition) is 5. The Kier molecular flexibility index (Phi) is 4.58. The van der Waals surface area contributed by atoms with Crippen LogP contribution in [0.4, 0.5) is 5.13 Å². The van der Waals surface area contributed by atoms with Gasteiger partial charge in [0.2, 0.25) is 0 Å². The molecule has 0 radical (unpaired) electrons. The van der Waals surface area contributed by atoms with Crippen LogP contribution in [-0.4, -0.2) is 37.3 Å². The van der Waals surface area contributed by atoms with Crippen molar-refractivity contribution in [1.82, 2.24) is 10.3 Å². The molecule has 0 bridgehead atoms. The van der Waals surface area contributed by atoms with Crippen LogP contribution in [-0.2, 0) is 11.3 Å². The fourth-order valence-electron chi connectivity index (χ4n) is 2.60. The van der Waals surface area contributed by atoms with E-state index >= 15 is 0 Å². The van der Waals surface area contributed by atoms with E-state index in [2.05, 4.69) is 24.2 Å². The fourth-order valence-corrected chi connectivity index (χ4v) is 3.58. The SMILES string of the molecule is Cc1nc(N(C)CC2CCCCO2)sc1CNC1CC1. The van der Waals surface area contributed by atoms with E-state index in [1.807, 2.05) is 11.3 Å². The third-order valence-corrected chi connectivity index (χ3v) is 5.36. The van der Waals surface area contributed by atoms with Gasteiger partial charge in [-0.15, -0.1) is 11.3 Å². The predicted octanol–water partition coefficient (Wildman–Crippen LogP) is 2.71. The van der Waals surface area contributed by atoms with Gasteiger partial charge in [-0.3, -0.25) is 0 Å². The van der Waals surface area contributed by atoms with Crippen LogP contribution in [0.2, 0.25) is 0 Å². The van der Waals surface area contributed by atoms with Gasteiger partial charge in [0.1, 0.15) is 0 Å². The highest BCUT2D eigenvalue weighted by Gasteiger charge is 2.22. The van der Waals surface area contributed by atoms with Crippen molar-refractivity contribution >= 4 is 16.5 Å². The summed E-state index contributed by atoms with van der Waals surface area (Å²) in [6.45, 7) is 4.98. The van der Waals surface area contributed by atoms with Gasteiger partial charge in [-0.05, 0) is 39.0 Å². The quantitative estimate of drug-likeness (QED) is 0.875. The number of ether oxygens (including phenoxy) is 1. The first kappa shape index (κ1) is 14.3. The van der Waals surface area contributed by atoms with E-state index in [-0.39, 0.29) is 0 Å². The van der Waals surface area contributed by atoms with Crippen LogP contribution in [0.15, 0.2) is 0 Å². The molecule has 2 aliphatic rings. The summed E-state index contributed by atoms with van der Waals surface area (Å²) in [4.78, 5) is 8.36. The van der Waals surface area contributed by atoms with E-state index in [0.29, 0.717) is 6.10 Å². The van der Waals surface area contributed by atoms with Gasteiger partial charge in [-0.25, -0.2) is 4.98 Å². The fraction of sp³-hybridized carbons (Fsp3) is 0.800. The van der Waals surface area contributed by atoms with Crippen LogP contribution in [0, 0.1) is 6.92 Å². The molecule has 0 aromatic carbocycles. The number of likely N-dealkylation sites (N-methyl/N-ethyl adjacent to an activating group) is 1. The lowest BCUT2D eigenvalue weighted by molar-refractivity contribution is 0.0216. The molecule has 0 amide bonds. The largest absolute Gasteiger partial charge is 0.376 e. The van der Waals surface area contributed by atoms with Crippen LogP contribution in [0.25, 0.3) is 0 Å². The molecule has 4 nitrogen and oxygen atoms in total. The highest BCUT2D eigenvalue weighted by molar-refractivity contribution is 7.15. The predicted molar refractivity (Wildman–Crippen MR) is 83.6 cm³/mol. The number of aryl methyl sites for hydroxylation is 1. The number of nitrogens with zero attached hydrogens (tertiary/aromatic N) is 2. The maximum absolute atomic E-state index is 5.82. The molecule has 112 valence electrons. The lowest BCUT2D eigenvalue weighted by Crippen LogP contribution is -2.33.